The number of methoxy groups -OCH3 is 2. The summed E-state index contributed by atoms with van der Waals surface area (Å²) in [6.45, 7) is 2.57. The van der Waals surface area contributed by atoms with E-state index in [-0.39, 0.29) is 51.2 Å². The van der Waals surface area contributed by atoms with Crippen LogP contribution in [-0.2, 0) is 42.9 Å². The summed E-state index contributed by atoms with van der Waals surface area (Å²) in [7, 11) is 2.77. The van der Waals surface area contributed by atoms with Gasteiger partial charge in [-0.2, -0.15) is 0 Å². The lowest BCUT2D eigenvalue weighted by atomic mass is 10.1. The van der Waals surface area contributed by atoms with Crippen molar-refractivity contribution in [2.75, 3.05) is 53.9 Å². The van der Waals surface area contributed by atoms with Gasteiger partial charge in [-0.05, 0) is 13.8 Å². The Morgan fingerprint density at radius 3 is 1.32 bits per heavy atom. The van der Waals surface area contributed by atoms with Crippen LogP contribution in [0, 0.1) is 11.8 Å². The Morgan fingerprint density at radius 1 is 0.680 bits per heavy atom. The van der Waals surface area contributed by atoms with Crippen LogP contribution in [0.15, 0.2) is 0 Å². The third kappa shape index (κ3) is 9.90. The van der Waals surface area contributed by atoms with Gasteiger partial charge in [0.1, 0.15) is 36.6 Å². The first-order valence-electron chi connectivity index (χ1n) is 7.74. The van der Waals surface area contributed by atoms with Gasteiger partial charge in [0.15, 0.2) is 0 Å². The molecule has 2 unspecified atom stereocenters. The van der Waals surface area contributed by atoms with Crippen LogP contribution in [-0.4, -0.2) is 77.4 Å². The molecule has 25 heavy (non-hydrogen) atoms. The number of hydrogen-bond acceptors (Lipinski definition) is 9. The zero-order valence-corrected chi connectivity index (χ0v) is 15.1. The lowest BCUT2D eigenvalue weighted by molar-refractivity contribution is -0.155. The summed E-state index contributed by atoms with van der Waals surface area (Å²) in [5.74, 6) is -3.92. The van der Waals surface area contributed by atoms with Gasteiger partial charge in [-0.1, -0.05) is 0 Å². The van der Waals surface area contributed by atoms with Crippen LogP contribution >= 0.6 is 0 Å². The van der Waals surface area contributed by atoms with Crippen LogP contribution in [0.1, 0.15) is 13.8 Å². The molecule has 0 aromatic rings. The molecule has 0 rings (SSSR count). The van der Waals surface area contributed by atoms with E-state index in [2.05, 4.69) is 0 Å². The summed E-state index contributed by atoms with van der Waals surface area (Å²) in [6.07, 6.45) is 0. The Hall–Kier alpha value is -1.84. The van der Waals surface area contributed by atoms with Crippen LogP contribution in [0.3, 0.4) is 0 Å². The van der Waals surface area contributed by atoms with Gasteiger partial charge < -0.3 is 23.7 Å². The van der Waals surface area contributed by atoms with Crippen molar-refractivity contribution < 1.29 is 42.9 Å². The molecule has 0 radical (unpaired) electrons. The highest BCUT2D eigenvalue weighted by Gasteiger charge is 2.25. The fourth-order valence-corrected chi connectivity index (χ4v) is 1.74. The number of rotatable bonds is 14. The van der Waals surface area contributed by atoms with E-state index in [1.54, 1.807) is 0 Å². The number of carbonyl (C=O) groups is 4. The number of ketones is 2. The number of hydrogen-bond donors (Lipinski definition) is 0. The Morgan fingerprint density at radius 2 is 1.04 bits per heavy atom. The number of carbonyl (C=O) groups excluding carboxylic acids is 4. The van der Waals surface area contributed by atoms with E-state index in [0.717, 1.165) is 0 Å². The fraction of sp³-hybridized carbons (Fsp3) is 0.750. The molecule has 2 atom stereocenters. The van der Waals surface area contributed by atoms with Gasteiger partial charge in [0, 0.05) is 14.2 Å². The lowest BCUT2D eigenvalue weighted by Gasteiger charge is -2.13. The summed E-state index contributed by atoms with van der Waals surface area (Å²) >= 11 is 0. The fourth-order valence-electron chi connectivity index (χ4n) is 1.74. The lowest BCUT2D eigenvalue weighted by Crippen LogP contribution is -2.30. The molecule has 144 valence electrons. The zero-order chi connectivity index (χ0) is 19.2. The van der Waals surface area contributed by atoms with Crippen molar-refractivity contribution in [3.63, 3.8) is 0 Å². The second-order valence-corrected chi connectivity index (χ2v) is 5.18. The van der Waals surface area contributed by atoms with Crippen molar-refractivity contribution in [2.24, 2.45) is 11.8 Å². The largest absolute Gasteiger partial charge is 0.463 e. The molecule has 0 fully saturated rings. The highest BCUT2D eigenvalue weighted by Crippen LogP contribution is 2.03. The van der Waals surface area contributed by atoms with Crippen molar-refractivity contribution >= 4 is 23.5 Å². The van der Waals surface area contributed by atoms with Crippen LogP contribution in [0.2, 0.25) is 0 Å². The van der Waals surface area contributed by atoms with E-state index in [9.17, 15) is 19.2 Å². The molecule has 0 aliphatic heterocycles. The van der Waals surface area contributed by atoms with E-state index < -0.39 is 23.8 Å². The predicted octanol–water partition coefficient (Wildman–Crippen LogP) is -0.207. The Labute approximate surface area is 146 Å². The summed E-state index contributed by atoms with van der Waals surface area (Å²) < 4.78 is 24.5. The molecular weight excluding hydrogens is 336 g/mol. The molecule has 0 bridgehead atoms. The summed E-state index contributed by atoms with van der Waals surface area (Å²) in [4.78, 5) is 45.9. The Balaban J connectivity index is 3.89. The van der Waals surface area contributed by atoms with Gasteiger partial charge in [-0.3, -0.25) is 19.2 Å². The van der Waals surface area contributed by atoms with Gasteiger partial charge in [-0.25, -0.2) is 0 Å². The van der Waals surface area contributed by atoms with Crippen molar-refractivity contribution in [3.8, 4) is 0 Å². The van der Waals surface area contributed by atoms with Gasteiger partial charge in [0.2, 0.25) is 0 Å². The molecule has 9 nitrogen and oxygen atoms in total. The molecule has 0 aromatic carbocycles. The summed E-state index contributed by atoms with van der Waals surface area (Å²) in [5.41, 5.74) is 0. The number of esters is 2. The normalized spacial score (nSPS) is 13.0. The second kappa shape index (κ2) is 13.5. The van der Waals surface area contributed by atoms with Gasteiger partial charge >= 0.3 is 11.9 Å². The second-order valence-electron chi connectivity index (χ2n) is 5.18. The van der Waals surface area contributed by atoms with Gasteiger partial charge in [0.25, 0.3) is 0 Å². The van der Waals surface area contributed by atoms with E-state index in [0.29, 0.717) is 0 Å². The van der Waals surface area contributed by atoms with Crippen molar-refractivity contribution in [2.45, 2.75) is 13.8 Å². The van der Waals surface area contributed by atoms with Gasteiger partial charge in [-0.15, -0.1) is 0 Å². The molecule has 0 saturated carbocycles. The summed E-state index contributed by atoms with van der Waals surface area (Å²) in [5, 5.41) is 0. The standard InChI is InChI=1S/C16H26O9/c1-11(17)13(9-21-3)15(19)24-7-5-23-6-8-25-16(20)14(10-22-4)12(2)18/h13-14H,5-10H2,1-4H3. The minimum absolute atomic E-state index is 0.0379. The van der Waals surface area contributed by atoms with Crippen LogP contribution in [0.4, 0.5) is 0 Å². The molecule has 9 heteroatoms. The van der Waals surface area contributed by atoms with Crippen LogP contribution < -0.4 is 0 Å². The maximum atomic E-state index is 11.7. The van der Waals surface area contributed by atoms with E-state index >= 15 is 0 Å². The monoisotopic (exact) mass is 362 g/mol. The highest BCUT2D eigenvalue weighted by molar-refractivity contribution is 5.98. The van der Waals surface area contributed by atoms with Crippen molar-refractivity contribution in [1.82, 2.24) is 0 Å². The van der Waals surface area contributed by atoms with Crippen molar-refractivity contribution in [1.29, 1.82) is 0 Å². The van der Waals surface area contributed by atoms with Crippen LogP contribution in [0.5, 0.6) is 0 Å². The molecule has 0 aliphatic rings. The molecule has 0 aromatic heterocycles. The number of ether oxygens (including phenoxy) is 5. The quantitative estimate of drug-likeness (QED) is 0.235. The summed E-state index contributed by atoms with van der Waals surface area (Å²) in [6, 6.07) is 0. The smallest absolute Gasteiger partial charge is 0.318 e. The average Bonchev–Trinajstić information content (AvgIpc) is 2.55. The van der Waals surface area contributed by atoms with Crippen molar-refractivity contribution in [3.05, 3.63) is 0 Å². The predicted molar refractivity (Wildman–Crippen MR) is 84.8 cm³/mol. The third-order valence-electron chi connectivity index (χ3n) is 3.16. The van der Waals surface area contributed by atoms with Crippen LogP contribution in [0.25, 0.3) is 0 Å². The molecule has 0 spiro atoms. The number of Topliss-reactive ketones (excluding diaryl/α,β-unsaturated/α-hetero) is 2. The van der Waals surface area contributed by atoms with E-state index in [1.807, 2.05) is 0 Å². The maximum absolute atomic E-state index is 11.7. The highest BCUT2D eigenvalue weighted by atomic mass is 16.6. The Bertz CT molecular complexity index is 407. The first kappa shape index (κ1) is 23.2. The SMILES string of the molecule is COCC(C(C)=O)C(=O)OCCOCCOC(=O)C(COC)C(C)=O. The first-order valence-corrected chi connectivity index (χ1v) is 7.74. The molecule has 0 amide bonds. The van der Waals surface area contributed by atoms with Gasteiger partial charge in [0.05, 0.1) is 26.4 Å². The Kier molecular flexibility index (Phi) is 12.5. The molecular formula is C16H26O9. The minimum Gasteiger partial charge on any atom is -0.463 e. The van der Waals surface area contributed by atoms with E-state index in [4.69, 9.17) is 23.7 Å². The van der Waals surface area contributed by atoms with E-state index in [1.165, 1.54) is 28.1 Å². The first-order chi connectivity index (χ1) is 11.8. The third-order valence-corrected chi connectivity index (χ3v) is 3.16. The molecule has 0 heterocycles. The molecule has 0 aliphatic carbocycles. The average molecular weight is 362 g/mol. The molecule has 0 saturated heterocycles. The topological polar surface area (TPSA) is 114 Å². The molecule has 0 N–H and O–H groups in total. The maximum Gasteiger partial charge on any atom is 0.318 e. The zero-order valence-electron chi connectivity index (χ0n) is 15.1. The minimum atomic E-state index is -0.949.